The predicted octanol–water partition coefficient (Wildman–Crippen LogP) is 1.30. The minimum absolute atomic E-state index is 0.500. The zero-order valence-corrected chi connectivity index (χ0v) is 11.2. The molecule has 6 heteroatoms. The third kappa shape index (κ3) is 1.82. The number of nitrogens with one attached hydrogen (secondary N) is 1. The van der Waals surface area contributed by atoms with Crippen molar-refractivity contribution in [2.45, 2.75) is 12.5 Å². The highest BCUT2D eigenvalue weighted by molar-refractivity contribution is 7.19. The second-order valence-electron chi connectivity index (χ2n) is 5.18. The molecule has 2 atom stereocenters. The molecule has 0 radical (unpaired) electrons. The standard InChI is InChI=1S/C13H14N4OS/c18-7-12-15-9-1-2-11(16-13(9)19-12)17-5-8-3-4-14-10(8)6-17/h1-2,7-8,10,14H,3-6H2. The van der Waals surface area contributed by atoms with E-state index in [1.165, 1.54) is 17.8 Å². The Morgan fingerprint density at radius 3 is 3.16 bits per heavy atom. The number of pyridine rings is 1. The van der Waals surface area contributed by atoms with Crippen LogP contribution in [-0.2, 0) is 0 Å². The molecule has 2 aliphatic heterocycles. The van der Waals surface area contributed by atoms with E-state index in [4.69, 9.17) is 0 Å². The lowest BCUT2D eigenvalue weighted by Gasteiger charge is -2.18. The summed E-state index contributed by atoms with van der Waals surface area (Å²) in [6.45, 7) is 3.26. The number of aromatic nitrogens is 2. The average molecular weight is 274 g/mol. The van der Waals surface area contributed by atoms with Crippen LogP contribution in [0.2, 0.25) is 0 Å². The van der Waals surface area contributed by atoms with E-state index in [9.17, 15) is 4.79 Å². The Morgan fingerprint density at radius 1 is 1.37 bits per heavy atom. The first-order valence-electron chi connectivity index (χ1n) is 6.54. The highest BCUT2D eigenvalue weighted by Gasteiger charge is 2.36. The molecule has 2 unspecified atom stereocenters. The fourth-order valence-electron chi connectivity index (χ4n) is 3.09. The van der Waals surface area contributed by atoms with E-state index < -0.39 is 0 Å². The first-order chi connectivity index (χ1) is 9.33. The van der Waals surface area contributed by atoms with Crippen molar-refractivity contribution in [3.8, 4) is 0 Å². The number of nitrogens with zero attached hydrogens (tertiary/aromatic N) is 3. The molecule has 98 valence electrons. The summed E-state index contributed by atoms with van der Waals surface area (Å²) in [6, 6.07) is 4.59. The van der Waals surface area contributed by atoms with Gasteiger partial charge in [-0.05, 0) is 31.0 Å². The van der Waals surface area contributed by atoms with Crippen LogP contribution in [0.5, 0.6) is 0 Å². The zero-order valence-electron chi connectivity index (χ0n) is 10.4. The summed E-state index contributed by atoms with van der Waals surface area (Å²) in [4.78, 5) is 22.8. The molecule has 4 heterocycles. The topological polar surface area (TPSA) is 58.1 Å². The van der Waals surface area contributed by atoms with E-state index in [1.54, 1.807) is 0 Å². The van der Waals surface area contributed by atoms with Crippen molar-refractivity contribution in [2.75, 3.05) is 24.5 Å². The first kappa shape index (κ1) is 11.3. The summed E-state index contributed by atoms with van der Waals surface area (Å²) in [5.74, 6) is 1.76. The third-order valence-corrected chi connectivity index (χ3v) is 4.94. The summed E-state index contributed by atoms with van der Waals surface area (Å²) in [6.07, 6.45) is 2.05. The molecular formula is C13H14N4OS. The van der Waals surface area contributed by atoms with Crippen LogP contribution in [0.4, 0.5) is 5.82 Å². The summed E-state index contributed by atoms with van der Waals surface area (Å²) < 4.78 is 0. The Bertz CT molecular complexity index is 629. The molecule has 19 heavy (non-hydrogen) atoms. The fourth-order valence-corrected chi connectivity index (χ4v) is 3.83. The largest absolute Gasteiger partial charge is 0.355 e. The van der Waals surface area contributed by atoms with Crippen molar-refractivity contribution in [1.82, 2.24) is 15.3 Å². The van der Waals surface area contributed by atoms with E-state index >= 15 is 0 Å². The van der Waals surface area contributed by atoms with Crippen LogP contribution in [0.3, 0.4) is 0 Å². The number of carbonyl (C=O) groups is 1. The molecule has 2 aromatic rings. The normalized spacial score (nSPS) is 26.0. The van der Waals surface area contributed by atoms with Gasteiger partial charge in [0.1, 0.15) is 16.2 Å². The maximum absolute atomic E-state index is 10.8. The molecule has 0 saturated carbocycles. The van der Waals surface area contributed by atoms with E-state index in [0.29, 0.717) is 11.0 Å². The smallest absolute Gasteiger partial charge is 0.178 e. The second kappa shape index (κ2) is 4.25. The second-order valence-corrected chi connectivity index (χ2v) is 6.19. The SMILES string of the molecule is O=Cc1nc2ccc(N3CC4CCNC4C3)nc2s1. The Kier molecular flexibility index (Phi) is 2.53. The zero-order chi connectivity index (χ0) is 12.8. The molecule has 0 bridgehead atoms. The number of hydrogen-bond acceptors (Lipinski definition) is 6. The molecule has 4 rings (SSSR count). The van der Waals surface area contributed by atoms with Gasteiger partial charge in [0.2, 0.25) is 0 Å². The Labute approximate surface area is 114 Å². The summed E-state index contributed by atoms with van der Waals surface area (Å²) in [5.41, 5.74) is 0.813. The van der Waals surface area contributed by atoms with Gasteiger partial charge in [-0.15, -0.1) is 0 Å². The number of aldehydes is 1. The van der Waals surface area contributed by atoms with Gasteiger partial charge < -0.3 is 10.2 Å². The Morgan fingerprint density at radius 2 is 2.32 bits per heavy atom. The molecule has 5 nitrogen and oxygen atoms in total. The molecule has 0 aliphatic carbocycles. The van der Waals surface area contributed by atoms with Gasteiger partial charge in [0.25, 0.3) is 0 Å². The van der Waals surface area contributed by atoms with E-state index in [-0.39, 0.29) is 0 Å². The van der Waals surface area contributed by atoms with Crippen LogP contribution in [0.1, 0.15) is 16.2 Å². The van der Waals surface area contributed by atoms with Gasteiger partial charge in [-0.1, -0.05) is 11.3 Å². The van der Waals surface area contributed by atoms with Crippen LogP contribution in [0.25, 0.3) is 10.3 Å². The van der Waals surface area contributed by atoms with Gasteiger partial charge in [0.15, 0.2) is 11.3 Å². The van der Waals surface area contributed by atoms with Crippen molar-refractivity contribution < 1.29 is 4.79 Å². The van der Waals surface area contributed by atoms with E-state index in [0.717, 1.165) is 48.0 Å². The molecule has 2 fully saturated rings. The molecule has 0 amide bonds. The lowest BCUT2D eigenvalue weighted by Crippen LogP contribution is -2.30. The van der Waals surface area contributed by atoms with Crippen LogP contribution < -0.4 is 10.2 Å². The minimum Gasteiger partial charge on any atom is -0.355 e. The van der Waals surface area contributed by atoms with Crippen molar-refractivity contribution in [2.24, 2.45) is 5.92 Å². The van der Waals surface area contributed by atoms with E-state index in [2.05, 4.69) is 20.2 Å². The lowest BCUT2D eigenvalue weighted by atomic mass is 10.1. The number of fused-ring (bicyclic) bond motifs is 2. The molecule has 1 N–H and O–H groups in total. The average Bonchev–Trinajstić information content (AvgIpc) is 3.10. The maximum Gasteiger partial charge on any atom is 0.178 e. The highest BCUT2D eigenvalue weighted by Crippen LogP contribution is 2.29. The number of carbonyl (C=O) groups excluding carboxylic acids is 1. The van der Waals surface area contributed by atoms with Crippen LogP contribution in [0.15, 0.2) is 12.1 Å². The van der Waals surface area contributed by atoms with Crippen LogP contribution in [-0.4, -0.2) is 41.9 Å². The minimum atomic E-state index is 0.500. The summed E-state index contributed by atoms with van der Waals surface area (Å²) in [5, 5.41) is 4.04. The van der Waals surface area contributed by atoms with Crippen molar-refractivity contribution >= 4 is 33.8 Å². The lowest BCUT2D eigenvalue weighted by molar-refractivity contribution is 0.112. The molecule has 0 spiro atoms. The Hall–Kier alpha value is -1.53. The summed E-state index contributed by atoms with van der Waals surface area (Å²) in [7, 11) is 0. The number of anilines is 1. The first-order valence-corrected chi connectivity index (χ1v) is 7.36. The molecule has 2 saturated heterocycles. The third-order valence-electron chi connectivity index (χ3n) is 4.04. The molecular weight excluding hydrogens is 260 g/mol. The highest BCUT2D eigenvalue weighted by atomic mass is 32.1. The van der Waals surface area contributed by atoms with Gasteiger partial charge >= 0.3 is 0 Å². The molecule has 2 aliphatic rings. The van der Waals surface area contributed by atoms with E-state index in [1.807, 2.05) is 12.1 Å². The fraction of sp³-hybridized carbons (Fsp3) is 0.462. The maximum atomic E-state index is 10.8. The Balaban J connectivity index is 1.66. The summed E-state index contributed by atoms with van der Waals surface area (Å²) >= 11 is 1.36. The van der Waals surface area contributed by atoms with Crippen molar-refractivity contribution in [3.05, 3.63) is 17.1 Å². The van der Waals surface area contributed by atoms with Crippen LogP contribution in [0, 0.1) is 5.92 Å². The van der Waals surface area contributed by atoms with Gasteiger partial charge in [0.05, 0.1) is 0 Å². The van der Waals surface area contributed by atoms with Crippen molar-refractivity contribution in [3.63, 3.8) is 0 Å². The number of rotatable bonds is 2. The van der Waals surface area contributed by atoms with Gasteiger partial charge in [-0.3, -0.25) is 4.79 Å². The van der Waals surface area contributed by atoms with Crippen LogP contribution >= 0.6 is 11.3 Å². The molecule has 0 aromatic carbocycles. The molecule has 2 aromatic heterocycles. The van der Waals surface area contributed by atoms with Crippen molar-refractivity contribution in [1.29, 1.82) is 0 Å². The van der Waals surface area contributed by atoms with Gasteiger partial charge in [-0.25, -0.2) is 9.97 Å². The quantitative estimate of drug-likeness (QED) is 0.837. The predicted molar refractivity (Wildman–Crippen MR) is 74.9 cm³/mol. The number of hydrogen-bond donors (Lipinski definition) is 1. The monoisotopic (exact) mass is 274 g/mol. The van der Waals surface area contributed by atoms with Gasteiger partial charge in [0, 0.05) is 19.1 Å². The number of thiazole rings is 1. The van der Waals surface area contributed by atoms with Gasteiger partial charge in [-0.2, -0.15) is 0 Å².